The van der Waals surface area contributed by atoms with E-state index < -0.39 is 0 Å². The van der Waals surface area contributed by atoms with Crippen molar-refractivity contribution < 1.29 is 13.9 Å². The molecule has 1 N–H and O–H groups in total. The Bertz CT molecular complexity index is 1040. The first-order valence-electron chi connectivity index (χ1n) is 8.30. The van der Waals surface area contributed by atoms with Crippen molar-refractivity contribution in [3.05, 3.63) is 79.0 Å². The lowest BCUT2D eigenvalue weighted by Crippen LogP contribution is -1.90. The zero-order valence-electron chi connectivity index (χ0n) is 14.5. The van der Waals surface area contributed by atoms with Crippen molar-refractivity contribution in [3.63, 3.8) is 0 Å². The van der Waals surface area contributed by atoms with E-state index in [1.807, 2.05) is 36.4 Å². The fourth-order valence-corrected chi connectivity index (χ4v) is 2.73. The lowest BCUT2D eigenvalue weighted by Gasteiger charge is -2.08. The normalized spacial score (nSPS) is 10.6. The summed E-state index contributed by atoms with van der Waals surface area (Å²) in [5.41, 5.74) is 3.23. The SMILES string of the molecule is COc1ccc(Oc2cc(-c3nc[nH]c3-c3ccc(F)cc3)ccn2)cc1. The van der Waals surface area contributed by atoms with Gasteiger partial charge in [-0.2, -0.15) is 0 Å². The number of imidazole rings is 1. The molecule has 0 aliphatic rings. The Hall–Kier alpha value is -3.67. The minimum atomic E-state index is -0.279. The van der Waals surface area contributed by atoms with Crippen molar-refractivity contribution in [1.29, 1.82) is 0 Å². The average Bonchev–Trinajstić information content (AvgIpc) is 3.19. The molecule has 0 aliphatic carbocycles. The van der Waals surface area contributed by atoms with E-state index in [0.29, 0.717) is 11.6 Å². The third-order valence-electron chi connectivity index (χ3n) is 4.06. The van der Waals surface area contributed by atoms with Crippen LogP contribution in [-0.2, 0) is 0 Å². The number of halogens is 1. The molecule has 2 aromatic heterocycles. The summed E-state index contributed by atoms with van der Waals surface area (Å²) in [6, 6.07) is 17.2. The summed E-state index contributed by atoms with van der Waals surface area (Å²) in [6.45, 7) is 0. The van der Waals surface area contributed by atoms with Crippen LogP contribution in [0.15, 0.2) is 73.2 Å². The lowest BCUT2D eigenvalue weighted by atomic mass is 10.1. The first kappa shape index (κ1) is 16.8. The van der Waals surface area contributed by atoms with Crippen LogP contribution in [-0.4, -0.2) is 22.1 Å². The predicted molar refractivity (Wildman–Crippen MR) is 100 cm³/mol. The molecule has 2 aromatic carbocycles. The monoisotopic (exact) mass is 361 g/mol. The second-order valence-corrected chi connectivity index (χ2v) is 5.79. The molecule has 0 unspecified atom stereocenters. The number of aromatic nitrogens is 3. The second-order valence-electron chi connectivity index (χ2n) is 5.79. The van der Waals surface area contributed by atoms with Gasteiger partial charge in [0.15, 0.2) is 0 Å². The summed E-state index contributed by atoms with van der Waals surface area (Å²) in [4.78, 5) is 11.8. The van der Waals surface area contributed by atoms with Crippen molar-refractivity contribution in [2.24, 2.45) is 0 Å². The average molecular weight is 361 g/mol. The van der Waals surface area contributed by atoms with Crippen molar-refractivity contribution in [3.8, 4) is 39.9 Å². The third-order valence-corrected chi connectivity index (χ3v) is 4.06. The fourth-order valence-electron chi connectivity index (χ4n) is 2.73. The highest BCUT2D eigenvalue weighted by atomic mass is 19.1. The molecule has 6 heteroatoms. The molecule has 0 spiro atoms. The van der Waals surface area contributed by atoms with Gasteiger partial charge in [0.1, 0.15) is 17.3 Å². The largest absolute Gasteiger partial charge is 0.497 e. The topological polar surface area (TPSA) is 60.0 Å². The summed E-state index contributed by atoms with van der Waals surface area (Å²) < 4.78 is 24.2. The number of nitrogens with zero attached hydrogens (tertiary/aromatic N) is 2. The smallest absolute Gasteiger partial charge is 0.219 e. The van der Waals surface area contributed by atoms with Crippen molar-refractivity contribution in [1.82, 2.24) is 15.0 Å². The zero-order chi connectivity index (χ0) is 18.6. The van der Waals surface area contributed by atoms with Gasteiger partial charge < -0.3 is 14.5 Å². The Kier molecular flexibility index (Phi) is 4.53. The number of hydrogen-bond acceptors (Lipinski definition) is 4. The van der Waals surface area contributed by atoms with Crippen LogP contribution in [0, 0.1) is 5.82 Å². The van der Waals surface area contributed by atoms with E-state index in [0.717, 1.165) is 28.3 Å². The van der Waals surface area contributed by atoms with Crippen LogP contribution < -0.4 is 9.47 Å². The van der Waals surface area contributed by atoms with Gasteiger partial charge in [0, 0.05) is 23.4 Å². The highest BCUT2D eigenvalue weighted by Crippen LogP contribution is 2.31. The van der Waals surface area contributed by atoms with E-state index in [1.54, 1.807) is 31.8 Å². The summed E-state index contributed by atoms with van der Waals surface area (Å²) in [5.74, 6) is 1.58. The Balaban J connectivity index is 1.63. The molecule has 4 aromatic rings. The maximum atomic E-state index is 13.2. The van der Waals surface area contributed by atoms with Gasteiger partial charge >= 0.3 is 0 Å². The van der Waals surface area contributed by atoms with E-state index in [1.165, 1.54) is 12.1 Å². The molecule has 2 heterocycles. The number of rotatable bonds is 5. The number of aromatic amines is 1. The molecule has 0 bridgehead atoms. The first-order chi connectivity index (χ1) is 13.2. The molecule has 0 amide bonds. The molecule has 0 saturated heterocycles. The molecular formula is C21H16FN3O2. The minimum absolute atomic E-state index is 0.279. The number of pyridine rings is 1. The quantitative estimate of drug-likeness (QED) is 0.539. The maximum Gasteiger partial charge on any atom is 0.219 e. The van der Waals surface area contributed by atoms with Gasteiger partial charge in [-0.3, -0.25) is 0 Å². The lowest BCUT2D eigenvalue weighted by molar-refractivity contribution is 0.412. The van der Waals surface area contributed by atoms with Gasteiger partial charge in [-0.25, -0.2) is 14.4 Å². The van der Waals surface area contributed by atoms with Gasteiger partial charge in [-0.05, 0) is 54.6 Å². The summed E-state index contributed by atoms with van der Waals surface area (Å²) in [7, 11) is 1.61. The summed E-state index contributed by atoms with van der Waals surface area (Å²) >= 11 is 0. The minimum Gasteiger partial charge on any atom is -0.497 e. The van der Waals surface area contributed by atoms with Crippen LogP contribution in [0.2, 0.25) is 0 Å². The molecule has 5 nitrogen and oxygen atoms in total. The van der Waals surface area contributed by atoms with Crippen LogP contribution in [0.4, 0.5) is 4.39 Å². The van der Waals surface area contributed by atoms with E-state index in [2.05, 4.69) is 15.0 Å². The number of hydrogen-bond donors (Lipinski definition) is 1. The van der Waals surface area contributed by atoms with E-state index >= 15 is 0 Å². The van der Waals surface area contributed by atoms with Crippen molar-refractivity contribution in [2.45, 2.75) is 0 Å². The molecule has 0 atom stereocenters. The van der Waals surface area contributed by atoms with Crippen molar-refractivity contribution >= 4 is 0 Å². The molecule has 0 radical (unpaired) electrons. The molecule has 134 valence electrons. The van der Waals surface area contributed by atoms with E-state index in [4.69, 9.17) is 9.47 Å². The Morgan fingerprint density at radius 3 is 2.33 bits per heavy atom. The zero-order valence-corrected chi connectivity index (χ0v) is 14.5. The standard InChI is InChI=1S/C21H16FN3O2/c1-26-17-6-8-18(9-7-17)27-19-12-15(10-11-23-19)21-20(24-13-25-21)14-2-4-16(22)5-3-14/h2-13H,1H3,(H,24,25). The number of nitrogens with one attached hydrogen (secondary N) is 1. The predicted octanol–water partition coefficient (Wildman–Crippen LogP) is 5.08. The Morgan fingerprint density at radius 1 is 0.852 bits per heavy atom. The molecule has 0 aliphatic heterocycles. The molecule has 27 heavy (non-hydrogen) atoms. The van der Waals surface area contributed by atoms with Gasteiger partial charge in [-0.1, -0.05) is 0 Å². The fraction of sp³-hybridized carbons (Fsp3) is 0.0476. The first-order valence-corrected chi connectivity index (χ1v) is 8.30. The molecular weight excluding hydrogens is 345 g/mol. The molecule has 0 saturated carbocycles. The number of benzene rings is 2. The third kappa shape index (κ3) is 3.64. The summed E-state index contributed by atoms with van der Waals surface area (Å²) in [6.07, 6.45) is 3.27. The highest BCUT2D eigenvalue weighted by Gasteiger charge is 2.12. The van der Waals surface area contributed by atoms with Crippen LogP contribution in [0.1, 0.15) is 0 Å². The van der Waals surface area contributed by atoms with Gasteiger partial charge in [-0.15, -0.1) is 0 Å². The number of H-pyrrole nitrogens is 1. The highest BCUT2D eigenvalue weighted by molar-refractivity contribution is 5.78. The van der Waals surface area contributed by atoms with Crippen molar-refractivity contribution in [2.75, 3.05) is 7.11 Å². The number of methoxy groups -OCH3 is 1. The Morgan fingerprint density at radius 2 is 1.59 bits per heavy atom. The van der Waals surface area contributed by atoms with Crippen LogP contribution in [0.3, 0.4) is 0 Å². The molecule has 0 fully saturated rings. The number of ether oxygens (including phenoxy) is 2. The van der Waals surface area contributed by atoms with E-state index in [9.17, 15) is 4.39 Å². The van der Waals surface area contributed by atoms with Crippen LogP contribution in [0.25, 0.3) is 22.5 Å². The van der Waals surface area contributed by atoms with Gasteiger partial charge in [0.25, 0.3) is 0 Å². The molecule has 4 rings (SSSR count). The van der Waals surface area contributed by atoms with Gasteiger partial charge in [0.05, 0.1) is 24.8 Å². The maximum absolute atomic E-state index is 13.2. The van der Waals surface area contributed by atoms with Crippen LogP contribution in [0.5, 0.6) is 17.4 Å². The summed E-state index contributed by atoms with van der Waals surface area (Å²) in [5, 5.41) is 0. The van der Waals surface area contributed by atoms with Crippen LogP contribution >= 0.6 is 0 Å². The van der Waals surface area contributed by atoms with Gasteiger partial charge in [0.2, 0.25) is 5.88 Å². The Labute approximate surface area is 155 Å². The van der Waals surface area contributed by atoms with E-state index in [-0.39, 0.29) is 5.82 Å². The second kappa shape index (κ2) is 7.29.